The second-order valence-corrected chi connectivity index (χ2v) is 13.7. The van der Waals surface area contributed by atoms with E-state index in [1.54, 1.807) is 0 Å². The highest BCUT2D eigenvalue weighted by Gasteiger charge is 2.51. The normalized spacial score (nSPS) is 23.5. The molecule has 2 bridgehead atoms. The molecule has 162 valence electrons. The van der Waals surface area contributed by atoms with Gasteiger partial charge in [0.2, 0.25) is 0 Å². The Morgan fingerprint density at radius 3 is 0.939 bits per heavy atom. The van der Waals surface area contributed by atoms with E-state index in [4.69, 9.17) is 0 Å². The van der Waals surface area contributed by atoms with E-state index in [1.165, 1.54) is 27.6 Å². The Bertz CT molecular complexity index is 1030. The van der Waals surface area contributed by atoms with Crippen molar-refractivity contribution in [2.75, 3.05) is 0 Å². The molecule has 0 spiro atoms. The second kappa shape index (κ2) is 9.38. The van der Waals surface area contributed by atoms with Gasteiger partial charge in [0.1, 0.15) is 0 Å². The summed E-state index contributed by atoms with van der Waals surface area (Å²) in [7, 11) is -0.909. The van der Waals surface area contributed by atoms with Crippen molar-refractivity contribution >= 4 is 37.1 Å². The monoisotopic (exact) mass is 462 g/mol. The van der Waals surface area contributed by atoms with Crippen LogP contribution < -0.4 is 21.2 Å². The van der Waals surface area contributed by atoms with Gasteiger partial charge in [-0.05, 0) is 55.3 Å². The van der Waals surface area contributed by atoms with Gasteiger partial charge in [-0.1, -0.05) is 133 Å². The standard InChI is InChI=1S/C31H28P2/c1-5-13-26(14-6-1)32(27-15-7-2-8-16-27)30-24-21-22-25(23-24)31(30)33(28-17-9-3-10-18-28)29-19-11-4-12-20-29/h1-22,24-25,30-31H,23H2/t24-,25+,30?,31?. The van der Waals surface area contributed by atoms with Gasteiger partial charge in [-0.15, -0.1) is 0 Å². The van der Waals surface area contributed by atoms with Crippen molar-refractivity contribution in [2.45, 2.75) is 17.7 Å². The van der Waals surface area contributed by atoms with E-state index < -0.39 is 15.8 Å². The Morgan fingerprint density at radius 1 is 0.394 bits per heavy atom. The van der Waals surface area contributed by atoms with Crippen LogP contribution in [0.2, 0.25) is 0 Å². The maximum atomic E-state index is 2.55. The van der Waals surface area contributed by atoms with E-state index in [-0.39, 0.29) is 0 Å². The lowest BCUT2D eigenvalue weighted by Gasteiger charge is -2.40. The number of fused-ring (bicyclic) bond motifs is 2. The van der Waals surface area contributed by atoms with Crippen LogP contribution in [-0.4, -0.2) is 11.3 Å². The van der Waals surface area contributed by atoms with Crippen LogP contribution in [0.25, 0.3) is 0 Å². The van der Waals surface area contributed by atoms with Crippen LogP contribution in [0.3, 0.4) is 0 Å². The van der Waals surface area contributed by atoms with Gasteiger partial charge in [-0.3, -0.25) is 0 Å². The molecule has 0 aromatic heterocycles. The van der Waals surface area contributed by atoms with Gasteiger partial charge in [-0.25, -0.2) is 0 Å². The van der Waals surface area contributed by atoms with Crippen molar-refractivity contribution < 1.29 is 0 Å². The van der Waals surface area contributed by atoms with E-state index in [2.05, 4.69) is 133 Å². The molecule has 33 heavy (non-hydrogen) atoms. The summed E-state index contributed by atoms with van der Waals surface area (Å²) in [6.07, 6.45) is 6.42. The molecule has 0 heterocycles. The first-order valence-electron chi connectivity index (χ1n) is 11.9. The smallest absolute Gasteiger partial charge is 0.00137 e. The van der Waals surface area contributed by atoms with Crippen molar-refractivity contribution in [1.82, 2.24) is 0 Å². The molecular weight excluding hydrogens is 434 g/mol. The average molecular weight is 463 g/mol. The SMILES string of the molecule is C1=C[C@H]2C[C@@H]1C(P(c1ccccc1)c1ccccc1)C2P(c1ccccc1)c1ccccc1. The second-order valence-electron chi connectivity index (χ2n) is 9.01. The number of rotatable bonds is 6. The van der Waals surface area contributed by atoms with E-state index in [0.29, 0.717) is 23.2 Å². The zero-order valence-corrected chi connectivity index (χ0v) is 20.4. The molecule has 0 radical (unpaired) electrons. The summed E-state index contributed by atoms with van der Waals surface area (Å²) < 4.78 is 0. The number of allylic oxidation sites excluding steroid dienone is 2. The summed E-state index contributed by atoms with van der Waals surface area (Å²) in [4.78, 5) is 0. The summed E-state index contributed by atoms with van der Waals surface area (Å²) >= 11 is 0. The lowest BCUT2D eigenvalue weighted by Crippen LogP contribution is -2.37. The van der Waals surface area contributed by atoms with Crippen molar-refractivity contribution in [1.29, 1.82) is 0 Å². The fourth-order valence-corrected chi connectivity index (χ4v) is 12.8. The lowest BCUT2D eigenvalue weighted by molar-refractivity contribution is 0.695. The summed E-state index contributed by atoms with van der Waals surface area (Å²) in [5.41, 5.74) is 1.32. The number of benzene rings is 4. The predicted molar refractivity (Wildman–Crippen MR) is 146 cm³/mol. The molecule has 1 saturated carbocycles. The molecule has 4 atom stereocenters. The van der Waals surface area contributed by atoms with Gasteiger partial charge in [0.15, 0.2) is 0 Å². The minimum atomic E-state index is -0.454. The molecule has 2 aliphatic carbocycles. The Balaban J connectivity index is 1.52. The lowest BCUT2D eigenvalue weighted by atomic mass is 10.1. The molecule has 0 amide bonds. The third-order valence-electron chi connectivity index (χ3n) is 7.11. The summed E-state index contributed by atoms with van der Waals surface area (Å²) in [5, 5.41) is 6.08. The van der Waals surface area contributed by atoms with E-state index >= 15 is 0 Å². The van der Waals surface area contributed by atoms with Gasteiger partial charge in [-0.2, -0.15) is 0 Å². The van der Waals surface area contributed by atoms with Gasteiger partial charge in [0, 0.05) is 11.3 Å². The molecule has 4 aromatic rings. The van der Waals surface area contributed by atoms with Crippen LogP contribution in [0.5, 0.6) is 0 Å². The van der Waals surface area contributed by atoms with E-state index in [1.807, 2.05) is 0 Å². The van der Waals surface area contributed by atoms with E-state index in [9.17, 15) is 0 Å². The molecule has 0 N–H and O–H groups in total. The molecule has 2 aliphatic rings. The number of hydrogen-bond acceptors (Lipinski definition) is 0. The third kappa shape index (κ3) is 4.01. The van der Waals surface area contributed by atoms with Crippen LogP contribution in [0.15, 0.2) is 133 Å². The highest BCUT2D eigenvalue weighted by Crippen LogP contribution is 2.64. The molecule has 2 heteroatoms. The van der Waals surface area contributed by atoms with Crippen molar-refractivity contribution in [3.05, 3.63) is 133 Å². The van der Waals surface area contributed by atoms with Crippen LogP contribution in [-0.2, 0) is 0 Å². The molecule has 4 aromatic carbocycles. The molecule has 1 fully saturated rings. The first kappa shape index (κ1) is 21.0. The van der Waals surface area contributed by atoms with Crippen LogP contribution in [0, 0.1) is 11.8 Å². The maximum absolute atomic E-state index is 2.55. The quantitative estimate of drug-likeness (QED) is 0.237. The maximum Gasteiger partial charge on any atom is 0.00137 e. The van der Waals surface area contributed by atoms with Crippen molar-refractivity contribution in [3.8, 4) is 0 Å². The highest BCUT2D eigenvalue weighted by atomic mass is 31.1. The Labute approximate surface area is 199 Å². The molecule has 0 aliphatic heterocycles. The van der Waals surface area contributed by atoms with Gasteiger partial charge in [0.25, 0.3) is 0 Å². The molecule has 0 saturated heterocycles. The van der Waals surface area contributed by atoms with E-state index in [0.717, 1.165) is 0 Å². The average Bonchev–Trinajstić information content (AvgIpc) is 3.50. The fraction of sp³-hybridized carbons (Fsp3) is 0.161. The summed E-state index contributed by atoms with van der Waals surface area (Å²) in [6.45, 7) is 0. The highest BCUT2D eigenvalue weighted by molar-refractivity contribution is 7.77. The summed E-state index contributed by atoms with van der Waals surface area (Å²) in [6, 6.07) is 45.4. The topological polar surface area (TPSA) is 0 Å². The molecular formula is C31H28P2. The largest absolute Gasteiger partial charge is 0.0844 e. The van der Waals surface area contributed by atoms with Crippen LogP contribution >= 0.6 is 15.8 Å². The fourth-order valence-electron chi connectivity index (χ4n) is 5.80. The van der Waals surface area contributed by atoms with Gasteiger partial charge < -0.3 is 0 Å². The Morgan fingerprint density at radius 2 is 0.667 bits per heavy atom. The first-order valence-corrected chi connectivity index (χ1v) is 14.7. The molecule has 2 unspecified atom stereocenters. The first-order chi connectivity index (χ1) is 16.4. The van der Waals surface area contributed by atoms with Gasteiger partial charge in [0.05, 0.1) is 0 Å². The van der Waals surface area contributed by atoms with Crippen molar-refractivity contribution in [2.24, 2.45) is 11.8 Å². The zero-order chi connectivity index (χ0) is 22.0. The van der Waals surface area contributed by atoms with Gasteiger partial charge >= 0.3 is 0 Å². The summed E-state index contributed by atoms with van der Waals surface area (Å²) in [5.74, 6) is 1.34. The Kier molecular flexibility index (Phi) is 5.98. The van der Waals surface area contributed by atoms with Crippen molar-refractivity contribution in [3.63, 3.8) is 0 Å². The Hall–Kier alpha value is -2.52. The van der Waals surface area contributed by atoms with Crippen LogP contribution in [0.1, 0.15) is 6.42 Å². The minimum Gasteiger partial charge on any atom is -0.0844 e. The zero-order valence-electron chi connectivity index (χ0n) is 18.6. The predicted octanol–water partition coefficient (Wildman–Crippen LogP) is 6.20. The molecule has 0 nitrogen and oxygen atoms in total. The minimum absolute atomic E-state index is 0.454. The number of hydrogen-bond donors (Lipinski definition) is 0. The molecule has 6 rings (SSSR count). The third-order valence-corrected chi connectivity index (χ3v) is 13.4. The van der Waals surface area contributed by atoms with Crippen LogP contribution in [0.4, 0.5) is 0 Å².